The molecular formula is C19H20O2. The minimum atomic E-state index is -0.914. The van der Waals surface area contributed by atoms with Crippen LogP contribution in [0.3, 0.4) is 0 Å². The molecule has 2 aromatic rings. The molecule has 2 aromatic carbocycles. The van der Waals surface area contributed by atoms with E-state index in [-0.39, 0.29) is 5.57 Å². The van der Waals surface area contributed by atoms with E-state index in [1.165, 1.54) is 22.3 Å². The lowest BCUT2D eigenvalue weighted by Crippen LogP contribution is -2.00. The fourth-order valence-electron chi connectivity index (χ4n) is 2.46. The summed E-state index contributed by atoms with van der Waals surface area (Å²) in [6, 6.07) is 14.7. The van der Waals surface area contributed by atoms with E-state index >= 15 is 0 Å². The van der Waals surface area contributed by atoms with E-state index in [1.807, 2.05) is 12.1 Å². The number of carbonyl (C=O) groups is 1. The highest BCUT2D eigenvalue weighted by Gasteiger charge is 2.07. The van der Waals surface area contributed by atoms with Gasteiger partial charge in [0.2, 0.25) is 0 Å². The lowest BCUT2D eigenvalue weighted by atomic mass is 9.94. The summed E-state index contributed by atoms with van der Waals surface area (Å²) in [5.41, 5.74) is 6.35. The van der Waals surface area contributed by atoms with Gasteiger partial charge in [0.25, 0.3) is 0 Å². The molecule has 0 aliphatic heterocycles. The van der Waals surface area contributed by atoms with Crippen LogP contribution in [-0.2, 0) is 11.2 Å². The molecule has 0 saturated heterocycles. The van der Waals surface area contributed by atoms with Gasteiger partial charge in [0, 0.05) is 5.57 Å². The zero-order valence-electron chi connectivity index (χ0n) is 12.5. The van der Waals surface area contributed by atoms with Crippen LogP contribution in [0.15, 0.2) is 54.6 Å². The first-order valence-corrected chi connectivity index (χ1v) is 7.05. The smallest absolute Gasteiger partial charge is 0.330 e. The maximum absolute atomic E-state index is 10.8. The molecule has 0 saturated carbocycles. The Bertz CT molecular complexity index is 684. The van der Waals surface area contributed by atoms with Gasteiger partial charge in [-0.3, -0.25) is 0 Å². The summed E-state index contributed by atoms with van der Waals surface area (Å²) in [4.78, 5) is 10.8. The molecule has 0 aliphatic carbocycles. The highest BCUT2D eigenvalue weighted by molar-refractivity contribution is 5.85. The van der Waals surface area contributed by atoms with E-state index in [0.717, 1.165) is 5.56 Å². The monoisotopic (exact) mass is 280 g/mol. The molecule has 0 fully saturated rings. The molecule has 2 nitrogen and oxygen atoms in total. The van der Waals surface area contributed by atoms with Gasteiger partial charge in [0.1, 0.15) is 0 Å². The summed E-state index contributed by atoms with van der Waals surface area (Å²) >= 11 is 0. The molecule has 108 valence electrons. The first-order valence-electron chi connectivity index (χ1n) is 7.05. The quantitative estimate of drug-likeness (QED) is 0.816. The fourth-order valence-corrected chi connectivity index (χ4v) is 2.46. The largest absolute Gasteiger partial charge is 0.478 e. The molecule has 1 N–H and O–H groups in total. The van der Waals surface area contributed by atoms with Gasteiger partial charge in [-0.25, -0.2) is 4.79 Å². The molecule has 0 aliphatic rings. The van der Waals surface area contributed by atoms with Crippen LogP contribution in [0.5, 0.6) is 0 Å². The average molecular weight is 280 g/mol. The number of benzene rings is 2. The second-order valence-electron chi connectivity index (χ2n) is 5.37. The van der Waals surface area contributed by atoms with E-state index in [2.05, 4.69) is 50.8 Å². The second-order valence-corrected chi connectivity index (χ2v) is 5.37. The minimum Gasteiger partial charge on any atom is -0.478 e. The Morgan fingerprint density at radius 3 is 2.33 bits per heavy atom. The van der Waals surface area contributed by atoms with Crippen LogP contribution in [0.25, 0.3) is 11.1 Å². The van der Waals surface area contributed by atoms with Crippen LogP contribution in [0, 0.1) is 13.8 Å². The molecule has 0 bridgehead atoms. The molecule has 0 atom stereocenters. The average Bonchev–Trinajstić information content (AvgIpc) is 2.46. The summed E-state index contributed by atoms with van der Waals surface area (Å²) in [7, 11) is 0. The van der Waals surface area contributed by atoms with Gasteiger partial charge < -0.3 is 5.11 Å². The standard InChI is InChI=1S/C19H20O2/c1-13-6-4-5-7-17(13)18-11-10-16(12-15(18)3)9-8-14(2)19(20)21/h4-7,10-12H,2,8-9H2,1,3H3,(H,20,21). The molecule has 21 heavy (non-hydrogen) atoms. The summed E-state index contributed by atoms with van der Waals surface area (Å²) in [6.45, 7) is 7.77. The van der Waals surface area contributed by atoms with E-state index in [4.69, 9.17) is 5.11 Å². The van der Waals surface area contributed by atoms with Crippen molar-refractivity contribution in [3.8, 4) is 11.1 Å². The second kappa shape index (κ2) is 6.40. The highest BCUT2D eigenvalue weighted by Crippen LogP contribution is 2.27. The Balaban J connectivity index is 2.20. The number of aliphatic carboxylic acids is 1. The molecule has 0 radical (unpaired) electrons. The van der Waals surface area contributed by atoms with Crippen LogP contribution < -0.4 is 0 Å². The Labute approximate surface area is 125 Å². The lowest BCUT2D eigenvalue weighted by molar-refractivity contribution is -0.132. The summed E-state index contributed by atoms with van der Waals surface area (Å²) < 4.78 is 0. The van der Waals surface area contributed by atoms with Crippen LogP contribution in [-0.4, -0.2) is 11.1 Å². The van der Waals surface area contributed by atoms with E-state index < -0.39 is 5.97 Å². The van der Waals surface area contributed by atoms with Gasteiger partial charge in [0.15, 0.2) is 0 Å². The number of aryl methyl sites for hydroxylation is 3. The van der Waals surface area contributed by atoms with Crippen molar-refractivity contribution in [3.63, 3.8) is 0 Å². The van der Waals surface area contributed by atoms with Crippen molar-refractivity contribution in [1.82, 2.24) is 0 Å². The maximum atomic E-state index is 10.8. The van der Waals surface area contributed by atoms with E-state index in [1.54, 1.807) is 0 Å². The minimum absolute atomic E-state index is 0.260. The van der Waals surface area contributed by atoms with Crippen LogP contribution in [0.4, 0.5) is 0 Å². The van der Waals surface area contributed by atoms with Crippen LogP contribution >= 0.6 is 0 Å². The summed E-state index contributed by atoms with van der Waals surface area (Å²) in [5.74, 6) is -0.914. The Hall–Kier alpha value is -2.35. The van der Waals surface area contributed by atoms with Crippen molar-refractivity contribution in [1.29, 1.82) is 0 Å². The number of carboxylic acids is 1. The first-order chi connectivity index (χ1) is 9.99. The third-order valence-corrected chi connectivity index (χ3v) is 3.74. The van der Waals surface area contributed by atoms with Crippen molar-refractivity contribution >= 4 is 5.97 Å². The molecule has 0 spiro atoms. The number of rotatable bonds is 5. The SMILES string of the molecule is C=C(CCc1ccc(-c2ccccc2C)c(C)c1)C(=O)O. The molecule has 2 heteroatoms. The van der Waals surface area contributed by atoms with Crippen LogP contribution in [0.2, 0.25) is 0 Å². The number of hydrogen-bond donors (Lipinski definition) is 1. The zero-order chi connectivity index (χ0) is 15.4. The van der Waals surface area contributed by atoms with Gasteiger partial charge in [-0.05, 0) is 54.5 Å². The number of carboxylic acid groups (broad SMARTS) is 1. The van der Waals surface area contributed by atoms with Gasteiger partial charge in [-0.15, -0.1) is 0 Å². The first kappa shape index (κ1) is 15.0. The predicted molar refractivity (Wildman–Crippen MR) is 86.4 cm³/mol. The summed E-state index contributed by atoms with van der Waals surface area (Å²) in [5, 5.41) is 8.84. The maximum Gasteiger partial charge on any atom is 0.330 e. The Kier molecular flexibility index (Phi) is 4.59. The Morgan fingerprint density at radius 2 is 1.71 bits per heavy atom. The van der Waals surface area contributed by atoms with Gasteiger partial charge in [-0.2, -0.15) is 0 Å². The van der Waals surface area contributed by atoms with E-state index in [9.17, 15) is 4.79 Å². The molecule has 0 heterocycles. The zero-order valence-corrected chi connectivity index (χ0v) is 12.5. The molecule has 0 amide bonds. The Morgan fingerprint density at radius 1 is 1.05 bits per heavy atom. The van der Waals surface area contributed by atoms with Crippen LogP contribution in [0.1, 0.15) is 23.1 Å². The molecule has 0 unspecified atom stereocenters. The van der Waals surface area contributed by atoms with Gasteiger partial charge in [-0.1, -0.05) is 49.0 Å². The van der Waals surface area contributed by atoms with Crippen molar-refractivity contribution in [2.24, 2.45) is 0 Å². The molecular weight excluding hydrogens is 260 g/mol. The highest BCUT2D eigenvalue weighted by atomic mass is 16.4. The number of hydrogen-bond acceptors (Lipinski definition) is 1. The third kappa shape index (κ3) is 3.60. The topological polar surface area (TPSA) is 37.3 Å². The van der Waals surface area contributed by atoms with Crippen molar-refractivity contribution < 1.29 is 9.90 Å². The summed E-state index contributed by atoms with van der Waals surface area (Å²) in [6.07, 6.45) is 1.19. The van der Waals surface area contributed by atoms with Gasteiger partial charge in [0.05, 0.1) is 0 Å². The predicted octanol–water partition coefficient (Wildman–Crippen LogP) is 4.54. The molecule has 0 aromatic heterocycles. The normalized spacial score (nSPS) is 10.4. The van der Waals surface area contributed by atoms with Crippen molar-refractivity contribution in [3.05, 3.63) is 71.3 Å². The van der Waals surface area contributed by atoms with Crippen molar-refractivity contribution in [2.45, 2.75) is 26.7 Å². The van der Waals surface area contributed by atoms with Crippen molar-refractivity contribution in [2.75, 3.05) is 0 Å². The third-order valence-electron chi connectivity index (χ3n) is 3.74. The van der Waals surface area contributed by atoms with E-state index in [0.29, 0.717) is 12.8 Å². The van der Waals surface area contributed by atoms with Gasteiger partial charge >= 0.3 is 5.97 Å². The molecule has 2 rings (SSSR count). The lowest BCUT2D eigenvalue weighted by Gasteiger charge is -2.11. The fraction of sp³-hybridized carbons (Fsp3) is 0.211.